The van der Waals surface area contributed by atoms with E-state index in [2.05, 4.69) is 14.9 Å². The summed E-state index contributed by atoms with van der Waals surface area (Å²) in [6.07, 6.45) is 4.96. The van der Waals surface area contributed by atoms with Crippen LogP contribution < -0.4 is 10.1 Å². The van der Waals surface area contributed by atoms with E-state index in [0.717, 1.165) is 34.0 Å². The normalized spacial score (nSPS) is 11.0. The maximum atomic E-state index is 12.5. The number of nitriles is 1. The van der Waals surface area contributed by atoms with E-state index in [1.54, 1.807) is 25.6 Å². The lowest BCUT2D eigenvalue weighted by Gasteiger charge is -2.10. The van der Waals surface area contributed by atoms with Gasteiger partial charge >= 0.3 is 0 Å². The molecule has 6 heteroatoms. The average Bonchev–Trinajstić information content (AvgIpc) is 3.03. The van der Waals surface area contributed by atoms with Crippen LogP contribution in [0.2, 0.25) is 0 Å². The van der Waals surface area contributed by atoms with Crippen LogP contribution >= 0.6 is 0 Å². The van der Waals surface area contributed by atoms with Crippen molar-refractivity contribution in [2.24, 2.45) is 0 Å². The molecule has 0 aliphatic heterocycles. The van der Waals surface area contributed by atoms with E-state index in [0.29, 0.717) is 6.54 Å². The molecule has 0 fully saturated rings. The minimum atomic E-state index is -0.404. The maximum absolute atomic E-state index is 12.5. The number of rotatable bonds is 6. The average molecular weight is 386 g/mol. The Kier molecular flexibility index (Phi) is 6.10. The molecule has 3 aromatic rings. The van der Waals surface area contributed by atoms with Crippen molar-refractivity contribution in [3.8, 4) is 17.5 Å². The zero-order valence-corrected chi connectivity index (χ0v) is 16.6. The molecule has 0 aliphatic carbocycles. The van der Waals surface area contributed by atoms with Gasteiger partial charge in [-0.3, -0.25) is 9.78 Å². The molecule has 1 amide bonds. The lowest BCUT2D eigenvalue weighted by molar-refractivity contribution is -0.117. The second kappa shape index (κ2) is 8.89. The molecule has 29 heavy (non-hydrogen) atoms. The molecule has 146 valence electrons. The Labute approximate surface area is 170 Å². The van der Waals surface area contributed by atoms with E-state index < -0.39 is 5.91 Å². The Morgan fingerprint density at radius 3 is 2.52 bits per heavy atom. The minimum absolute atomic E-state index is 0.0639. The predicted octanol–water partition coefficient (Wildman–Crippen LogP) is 3.72. The van der Waals surface area contributed by atoms with Gasteiger partial charge in [0.2, 0.25) is 0 Å². The number of ether oxygens (including phenoxy) is 1. The molecule has 0 radical (unpaired) electrons. The van der Waals surface area contributed by atoms with Gasteiger partial charge in [0.1, 0.15) is 17.4 Å². The van der Waals surface area contributed by atoms with Gasteiger partial charge in [0.05, 0.1) is 7.11 Å². The third-order valence-corrected chi connectivity index (χ3v) is 4.67. The van der Waals surface area contributed by atoms with E-state index in [1.807, 2.05) is 62.4 Å². The molecular formula is C23H22N4O2. The van der Waals surface area contributed by atoms with Gasteiger partial charge in [-0.2, -0.15) is 5.26 Å². The zero-order valence-electron chi connectivity index (χ0n) is 16.6. The van der Waals surface area contributed by atoms with Crippen LogP contribution in [-0.4, -0.2) is 22.6 Å². The molecule has 1 aromatic carbocycles. The molecule has 0 aliphatic rings. The largest absolute Gasteiger partial charge is 0.497 e. The molecule has 0 saturated heterocycles. The smallest absolute Gasteiger partial charge is 0.262 e. The van der Waals surface area contributed by atoms with Gasteiger partial charge in [-0.25, -0.2) is 0 Å². The molecule has 0 bridgehead atoms. The molecule has 0 spiro atoms. The summed E-state index contributed by atoms with van der Waals surface area (Å²) >= 11 is 0. The topological polar surface area (TPSA) is 79.9 Å². The number of benzene rings is 1. The number of pyridine rings is 1. The number of carbonyl (C=O) groups excluding carboxylic acids is 1. The van der Waals surface area contributed by atoms with Crippen LogP contribution in [0.15, 0.2) is 60.4 Å². The van der Waals surface area contributed by atoms with E-state index in [1.165, 1.54) is 0 Å². The minimum Gasteiger partial charge on any atom is -0.497 e. The highest BCUT2D eigenvalue weighted by Crippen LogP contribution is 2.24. The molecule has 0 atom stereocenters. The Morgan fingerprint density at radius 2 is 1.90 bits per heavy atom. The first-order valence-corrected chi connectivity index (χ1v) is 9.15. The van der Waals surface area contributed by atoms with Crippen molar-refractivity contribution in [2.45, 2.75) is 20.4 Å². The highest BCUT2D eigenvalue weighted by Gasteiger charge is 2.14. The highest BCUT2D eigenvalue weighted by molar-refractivity contribution is 6.01. The second-order valence-corrected chi connectivity index (χ2v) is 6.57. The van der Waals surface area contributed by atoms with Gasteiger partial charge in [0.25, 0.3) is 5.91 Å². The number of aromatic nitrogens is 2. The van der Waals surface area contributed by atoms with Crippen LogP contribution in [-0.2, 0) is 11.3 Å². The highest BCUT2D eigenvalue weighted by atomic mass is 16.5. The molecule has 3 rings (SSSR count). The quantitative estimate of drug-likeness (QED) is 0.517. The van der Waals surface area contributed by atoms with Crippen molar-refractivity contribution < 1.29 is 9.53 Å². The second-order valence-electron chi connectivity index (χ2n) is 6.57. The monoisotopic (exact) mass is 386 g/mol. The van der Waals surface area contributed by atoms with Crippen molar-refractivity contribution in [1.82, 2.24) is 14.9 Å². The summed E-state index contributed by atoms with van der Waals surface area (Å²) in [5, 5.41) is 12.3. The van der Waals surface area contributed by atoms with Crippen LogP contribution in [0.1, 0.15) is 22.5 Å². The van der Waals surface area contributed by atoms with Crippen LogP contribution in [0.5, 0.6) is 5.75 Å². The van der Waals surface area contributed by atoms with Crippen LogP contribution in [0, 0.1) is 25.2 Å². The fraction of sp³-hybridized carbons (Fsp3) is 0.174. The third kappa shape index (κ3) is 4.53. The SMILES string of the molecule is COc1ccc(-n2c(C)cc(/C=C(/C#N)C(=O)NCc3ccncc3)c2C)cc1. The summed E-state index contributed by atoms with van der Waals surface area (Å²) in [5.41, 5.74) is 4.75. The number of amides is 1. The number of hydrogen-bond donors (Lipinski definition) is 1. The summed E-state index contributed by atoms with van der Waals surface area (Å²) in [6.45, 7) is 4.29. The van der Waals surface area contributed by atoms with E-state index in [-0.39, 0.29) is 5.57 Å². The molecule has 6 nitrogen and oxygen atoms in total. The zero-order chi connectivity index (χ0) is 20.8. The van der Waals surface area contributed by atoms with Gasteiger partial charge < -0.3 is 14.6 Å². The maximum Gasteiger partial charge on any atom is 0.262 e. The summed E-state index contributed by atoms with van der Waals surface area (Å²) in [4.78, 5) is 16.4. The van der Waals surface area contributed by atoms with E-state index >= 15 is 0 Å². The summed E-state index contributed by atoms with van der Waals surface area (Å²) in [7, 11) is 1.63. The number of nitrogens with zero attached hydrogens (tertiary/aromatic N) is 3. The van der Waals surface area contributed by atoms with Crippen molar-refractivity contribution in [3.63, 3.8) is 0 Å². The van der Waals surface area contributed by atoms with Crippen molar-refractivity contribution in [2.75, 3.05) is 7.11 Å². The lowest BCUT2D eigenvalue weighted by atomic mass is 10.1. The Bertz CT molecular complexity index is 1070. The first-order chi connectivity index (χ1) is 14.0. The number of methoxy groups -OCH3 is 1. The summed E-state index contributed by atoms with van der Waals surface area (Å²) in [6, 6.07) is 15.4. The third-order valence-electron chi connectivity index (χ3n) is 4.67. The first-order valence-electron chi connectivity index (χ1n) is 9.15. The molecular weight excluding hydrogens is 364 g/mol. The number of hydrogen-bond acceptors (Lipinski definition) is 4. The van der Waals surface area contributed by atoms with Crippen molar-refractivity contribution in [3.05, 3.63) is 82.9 Å². The number of carbonyl (C=O) groups is 1. The Balaban J connectivity index is 1.84. The van der Waals surface area contributed by atoms with E-state index in [4.69, 9.17) is 4.74 Å². The number of nitrogens with one attached hydrogen (secondary N) is 1. The van der Waals surface area contributed by atoms with Crippen molar-refractivity contribution in [1.29, 1.82) is 5.26 Å². The van der Waals surface area contributed by atoms with Crippen LogP contribution in [0.4, 0.5) is 0 Å². The molecule has 2 heterocycles. The first kappa shape index (κ1) is 19.9. The van der Waals surface area contributed by atoms with Crippen LogP contribution in [0.25, 0.3) is 11.8 Å². The fourth-order valence-electron chi connectivity index (χ4n) is 3.14. The summed E-state index contributed by atoms with van der Waals surface area (Å²) < 4.78 is 7.29. The molecule has 0 unspecified atom stereocenters. The van der Waals surface area contributed by atoms with Gasteiger partial charge in [0.15, 0.2) is 0 Å². The predicted molar refractivity (Wildman–Crippen MR) is 111 cm³/mol. The standard InChI is InChI=1S/C23H22N4O2/c1-16-12-19(17(2)27(16)21-4-6-22(29-3)7-5-21)13-20(14-24)23(28)26-15-18-8-10-25-11-9-18/h4-13H,15H2,1-3H3,(H,26,28)/b20-13-. The summed E-state index contributed by atoms with van der Waals surface area (Å²) in [5.74, 6) is 0.382. The molecule has 2 aromatic heterocycles. The van der Waals surface area contributed by atoms with Gasteiger partial charge in [-0.15, -0.1) is 0 Å². The van der Waals surface area contributed by atoms with Gasteiger partial charge in [0, 0.05) is 36.0 Å². The molecule has 0 saturated carbocycles. The Morgan fingerprint density at radius 1 is 1.21 bits per heavy atom. The van der Waals surface area contributed by atoms with Gasteiger partial charge in [-0.1, -0.05) is 0 Å². The Hall–Kier alpha value is -3.85. The molecule has 1 N–H and O–H groups in total. The lowest BCUT2D eigenvalue weighted by Crippen LogP contribution is -2.23. The van der Waals surface area contributed by atoms with Crippen molar-refractivity contribution >= 4 is 12.0 Å². The van der Waals surface area contributed by atoms with Gasteiger partial charge in [-0.05, 0) is 73.5 Å². The number of aryl methyl sites for hydroxylation is 1. The van der Waals surface area contributed by atoms with Crippen LogP contribution in [0.3, 0.4) is 0 Å². The fourth-order valence-corrected chi connectivity index (χ4v) is 3.14. The van der Waals surface area contributed by atoms with E-state index in [9.17, 15) is 10.1 Å².